The van der Waals surface area contributed by atoms with E-state index >= 15 is 0 Å². The lowest BCUT2D eigenvalue weighted by Crippen LogP contribution is -2.21. The summed E-state index contributed by atoms with van der Waals surface area (Å²) in [5.41, 5.74) is 1.44. The average molecular weight is 385 g/mol. The van der Waals surface area contributed by atoms with Gasteiger partial charge in [0.25, 0.3) is 5.56 Å². The van der Waals surface area contributed by atoms with E-state index in [1.54, 1.807) is 23.5 Å². The number of aromatic amines is 1. The predicted octanol–water partition coefficient (Wildman–Crippen LogP) is 4.48. The first-order chi connectivity index (χ1) is 12.6. The fourth-order valence-electron chi connectivity index (χ4n) is 2.89. The summed E-state index contributed by atoms with van der Waals surface area (Å²) in [7, 11) is 2.00. The van der Waals surface area contributed by atoms with E-state index in [-0.39, 0.29) is 11.4 Å². The maximum absolute atomic E-state index is 13.1. The number of nitrogens with one attached hydrogen (secondary N) is 1. The van der Waals surface area contributed by atoms with Gasteiger partial charge in [-0.25, -0.2) is 9.37 Å². The highest BCUT2D eigenvalue weighted by molar-refractivity contribution is 7.17. The van der Waals surface area contributed by atoms with Gasteiger partial charge in [0.2, 0.25) is 0 Å². The second kappa shape index (κ2) is 7.11. The molecule has 0 aliphatic rings. The molecule has 4 rings (SSSR count). The largest absolute Gasteiger partial charge is 0.309 e. The number of nitrogens with zero attached hydrogens (tertiary/aromatic N) is 2. The van der Waals surface area contributed by atoms with Crippen LogP contribution in [0.5, 0.6) is 0 Å². The molecule has 7 heteroatoms. The molecule has 0 atom stereocenters. The van der Waals surface area contributed by atoms with Gasteiger partial charge >= 0.3 is 0 Å². The van der Waals surface area contributed by atoms with Gasteiger partial charge in [-0.1, -0.05) is 18.2 Å². The van der Waals surface area contributed by atoms with E-state index in [0.717, 1.165) is 17.7 Å². The summed E-state index contributed by atoms with van der Waals surface area (Å²) in [4.78, 5) is 24.2. The lowest BCUT2D eigenvalue weighted by atomic mass is 10.1. The number of hydrogen-bond acceptors (Lipinski definition) is 5. The van der Waals surface area contributed by atoms with E-state index in [1.807, 2.05) is 18.5 Å². The van der Waals surface area contributed by atoms with Gasteiger partial charge in [0.05, 0.1) is 11.9 Å². The van der Waals surface area contributed by atoms with Crippen molar-refractivity contribution in [3.63, 3.8) is 0 Å². The maximum Gasteiger partial charge on any atom is 0.260 e. The Kier molecular flexibility index (Phi) is 4.67. The minimum absolute atomic E-state index is 0.157. The molecule has 0 radical (unpaired) electrons. The summed E-state index contributed by atoms with van der Waals surface area (Å²) in [5.74, 6) is 0.352. The molecule has 0 bridgehead atoms. The Morgan fingerprint density at radius 1 is 1.15 bits per heavy atom. The summed E-state index contributed by atoms with van der Waals surface area (Å²) >= 11 is 3.14. The van der Waals surface area contributed by atoms with Crippen molar-refractivity contribution in [2.45, 2.75) is 13.1 Å². The van der Waals surface area contributed by atoms with Crippen LogP contribution in [0.15, 0.2) is 52.0 Å². The summed E-state index contributed by atoms with van der Waals surface area (Å²) in [6, 6.07) is 10.3. The smallest absolute Gasteiger partial charge is 0.260 e. The standard InChI is InChI=1S/C19H16FN3OS2/c1-23(9-14-3-2-8-25-14)10-16-21-18(24)17-15(11-26-19(17)22-16)12-4-6-13(20)7-5-12/h2-8,11H,9-10H2,1H3,(H,21,22,24). The van der Waals surface area contributed by atoms with Crippen molar-refractivity contribution >= 4 is 32.9 Å². The molecule has 1 N–H and O–H groups in total. The van der Waals surface area contributed by atoms with Crippen LogP contribution in [0.1, 0.15) is 10.7 Å². The van der Waals surface area contributed by atoms with Crippen molar-refractivity contribution in [1.29, 1.82) is 0 Å². The minimum atomic E-state index is -0.295. The molecular formula is C19H16FN3OS2. The number of H-pyrrole nitrogens is 1. The van der Waals surface area contributed by atoms with Gasteiger partial charge < -0.3 is 4.98 Å². The number of aromatic nitrogens is 2. The molecule has 0 aliphatic heterocycles. The van der Waals surface area contributed by atoms with Crippen LogP contribution in [0.2, 0.25) is 0 Å². The van der Waals surface area contributed by atoms with Gasteiger partial charge in [-0.05, 0) is 36.2 Å². The lowest BCUT2D eigenvalue weighted by Gasteiger charge is -2.14. The molecule has 0 spiro atoms. The van der Waals surface area contributed by atoms with Gasteiger partial charge in [0.15, 0.2) is 0 Å². The fraction of sp³-hybridized carbons (Fsp3) is 0.158. The first-order valence-corrected chi connectivity index (χ1v) is 9.83. The van der Waals surface area contributed by atoms with Crippen molar-refractivity contribution in [3.05, 3.63) is 74.0 Å². The van der Waals surface area contributed by atoms with Crippen LogP contribution in [0.3, 0.4) is 0 Å². The Labute approximate surface area is 157 Å². The summed E-state index contributed by atoms with van der Waals surface area (Å²) in [6.07, 6.45) is 0. The summed E-state index contributed by atoms with van der Waals surface area (Å²) in [6.45, 7) is 1.37. The number of benzene rings is 1. The van der Waals surface area contributed by atoms with Crippen LogP contribution in [0, 0.1) is 5.82 Å². The molecular weight excluding hydrogens is 369 g/mol. The van der Waals surface area contributed by atoms with E-state index in [2.05, 4.69) is 26.3 Å². The molecule has 26 heavy (non-hydrogen) atoms. The van der Waals surface area contributed by atoms with E-state index in [0.29, 0.717) is 22.6 Å². The van der Waals surface area contributed by atoms with Crippen LogP contribution < -0.4 is 5.56 Å². The Hall–Kier alpha value is -2.35. The first kappa shape index (κ1) is 17.1. The van der Waals surface area contributed by atoms with Crippen molar-refractivity contribution in [2.75, 3.05) is 7.05 Å². The zero-order valence-corrected chi connectivity index (χ0v) is 15.7. The number of rotatable bonds is 5. The van der Waals surface area contributed by atoms with Gasteiger partial charge in [-0.2, -0.15) is 0 Å². The third kappa shape index (κ3) is 3.46. The molecule has 0 amide bonds. The molecule has 0 saturated heterocycles. The van der Waals surface area contributed by atoms with E-state index in [1.165, 1.54) is 28.3 Å². The highest BCUT2D eigenvalue weighted by atomic mass is 32.1. The Balaban J connectivity index is 1.63. The SMILES string of the molecule is CN(Cc1nc2scc(-c3ccc(F)cc3)c2c(=O)[nH]1)Cc1cccs1. The molecule has 4 aromatic rings. The molecule has 0 fully saturated rings. The number of halogens is 1. The number of thiophene rings is 2. The van der Waals surface area contributed by atoms with Crippen LogP contribution in [0.25, 0.3) is 21.3 Å². The maximum atomic E-state index is 13.1. The quantitative estimate of drug-likeness (QED) is 0.551. The molecule has 3 aromatic heterocycles. The van der Waals surface area contributed by atoms with E-state index in [9.17, 15) is 9.18 Å². The summed E-state index contributed by atoms with van der Waals surface area (Å²) in [5, 5.41) is 4.52. The van der Waals surface area contributed by atoms with Crippen LogP contribution >= 0.6 is 22.7 Å². The molecule has 0 aliphatic carbocycles. The predicted molar refractivity (Wildman–Crippen MR) is 105 cm³/mol. The van der Waals surface area contributed by atoms with Crippen LogP contribution in [0.4, 0.5) is 4.39 Å². The molecule has 4 nitrogen and oxygen atoms in total. The highest BCUT2D eigenvalue weighted by Crippen LogP contribution is 2.30. The van der Waals surface area contributed by atoms with Crippen molar-refractivity contribution < 1.29 is 4.39 Å². The van der Waals surface area contributed by atoms with Gasteiger partial charge in [0.1, 0.15) is 16.5 Å². The number of fused-ring (bicyclic) bond motifs is 1. The molecule has 132 valence electrons. The fourth-order valence-corrected chi connectivity index (χ4v) is 4.64. The first-order valence-electron chi connectivity index (χ1n) is 8.07. The van der Waals surface area contributed by atoms with Crippen molar-refractivity contribution in [3.8, 4) is 11.1 Å². The zero-order valence-electron chi connectivity index (χ0n) is 14.0. The normalized spacial score (nSPS) is 11.5. The highest BCUT2D eigenvalue weighted by Gasteiger charge is 2.14. The average Bonchev–Trinajstić information content (AvgIpc) is 3.25. The number of hydrogen-bond donors (Lipinski definition) is 1. The second-order valence-corrected chi connectivity index (χ2v) is 7.99. The van der Waals surface area contributed by atoms with Gasteiger partial charge in [0, 0.05) is 22.4 Å². The lowest BCUT2D eigenvalue weighted by molar-refractivity contribution is 0.313. The van der Waals surface area contributed by atoms with Gasteiger partial charge in [-0.3, -0.25) is 9.69 Å². The van der Waals surface area contributed by atoms with Crippen LogP contribution in [-0.4, -0.2) is 21.9 Å². The Bertz CT molecular complexity index is 1080. The molecule has 0 unspecified atom stereocenters. The topological polar surface area (TPSA) is 49.0 Å². The Morgan fingerprint density at radius 2 is 1.96 bits per heavy atom. The molecule has 0 saturated carbocycles. The summed E-state index contributed by atoms with van der Waals surface area (Å²) < 4.78 is 13.1. The minimum Gasteiger partial charge on any atom is -0.309 e. The third-order valence-corrected chi connectivity index (χ3v) is 5.81. The van der Waals surface area contributed by atoms with E-state index < -0.39 is 0 Å². The Morgan fingerprint density at radius 3 is 2.69 bits per heavy atom. The zero-order chi connectivity index (χ0) is 18.1. The monoisotopic (exact) mass is 385 g/mol. The van der Waals surface area contributed by atoms with Crippen molar-refractivity contribution in [1.82, 2.24) is 14.9 Å². The molecule has 1 aromatic carbocycles. The van der Waals surface area contributed by atoms with Crippen LogP contribution in [-0.2, 0) is 13.1 Å². The van der Waals surface area contributed by atoms with Crippen molar-refractivity contribution in [2.24, 2.45) is 0 Å². The third-order valence-electron chi connectivity index (χ3n) is 4.07. The van der Waals surface area contributed by atoms with Gasteiger partial charge in [-0.15, -0.1) is 22.7 Å². The molecule has 3 heterocycles. The van der Waals surface area contributed by atoms with E-state index in [4.69, 9.17) is 0 Å². The second-order valence-electron chi connectivity index (χ2n) is 6.10.